The fourth-order valence-electron chi connectivity index (χ4n) is 1.61. The minimum Gasteiger partial charge on any atom is -0.395 e. The first-order valence-corrected chi connectivity index (χ1v) is 6.56. The summed E-state index contributed by atoms with van der Waals surface area (Å²) in [6.45, 7) is 3.92. The lowest BCUT2D eigenvalue weighted by atomic mass is 10.2. The van der Waals surface area contributed by atoms with Gasteiger partial charge in [0.25, 0.3) is 0 Å². The minimum atomic E-state index is 0.180. The molecule has 0 atom stereocenters. The summed E-state index contributed by atoms with van der Waals surface area (Å²) < 4.78 is 5.40. The normalized spacial score (nSPS) is 11.0. The van der Waals surface area contributed by atoms with Gasteiger partial charge in [-0.15, -0.1) is 0 Å². The highest BCUT2D eigenvalue weighted by Gasteiger charge is 2.04. The number of nitrogens with zero attached hydrogens (tertiary/aromatic N) is 1. The molecule has 0 saturated heterocycles. The molecule has 96 valence electrons. The number of thiol groups is 1. The molecule has 17 heavy (non-hydrogen) atoms. The summed E-state index contributed by atoms with van der Waals surface area (Å²) in [5.74, 6) is 0.749. The van der Waals surface area contributed by atoms with Gasteiger partial charge in [-0.2, -0.15) is 12.6 Å². The van der Waals surface area contributed by atoms with Crippen LogP contribution >= 0.6 is 12.6 Å². The van der Waals surface area contributed by atoms with E-state index in [1.807, 2.05) is 18.2 Å². The van der Waals surface area contributed by atoms with Crippen LogP contribution in [0, 0.1) is 0 Å². The zero-order valence-electron chi connectivity index (χ0n) is 10.1. The highest BCUT2D eigenvalue weighted by molar-refractivity contribution is 7.80. The molecule has 0 heterocycles. The third-order valence-corrected chi connectivity index (χ3v) is 2.64. The molecule has 3 nitrogen and oxygen atoms in total. The lowest BCUT2D eigenvalue weighted by molar-refractivity contribution is 0.102. The van der Waals surface area contributed by atoms with E-state index >= 15 is 0 Å². The maximum atomic E-state index is 9.02. The average molecular weight is 255 g/mol. The van der Waals surface area contributed by atoms with E-state index in [1.165, 1.54) is 5.56 Å². The lowest BCUT2D eigenvalue weighted by Crippen LogP contribution is -2.30. The number of aliphatic hydroxyl groups excluding tert-OH is 1. The molecule has 0 fully saturated rings. The van der Waals surface area contributed by atoms with Gasteiger partial charge in [0.05, 0.1) is 19.8 Å². The van der Waals surface area contributed by atoms with Gasteiger partial charge in [0.2, 0.25) is 0 Å². The van der Waals surface area contributed by atoms with Gasteiger partial charge in [-0.25, -0.2) is 0 Å². The lowest BCUT2D eigenvalue weighted by Gasteiger charge is -2.21. The zero-order chi connectivity index (χ0) is 12.3. The SMILES string of the molecule is OCCN(CCOCCS)Cc1ccccc1. The second kappa shape index (κ2) is 9.48. The quantitative estimate of drug-likeness (QED) is 0.517. The maximum absolute atomic E-state index is 9.02. The van der Waals surface area contributed by atoms with Crippen molar-refractivity contribution in [1.29, 1.82) is 0 Å². The van der Waals surface area contributed by atoms with E-state index in [9.17, 15) is 0 Å². The number of benzene rings is 1. The van der Waals surface area contributed by atoms with Crippen LogP contribution in [0.3, 0.4) is 0 Å². The Morgan fingerprint density at radius 2 is 1.88 bits per heavy atom. The van der Waals surface area contributed by atoms with Crippen LogP contribution in [0.4, 0.5) is 0 Å². The molecule has 0 aliphatic rings. The first kappa shape index (κ1) is 14.5. The van der Waals surface area contributed by atoms with Gasteiger partial charge in [0.15, 0.2) is 0 Å². The molecule has 0 amide bonds. The van der Waals surface area contributed by atoms with E-state index in [0.717, 1.165) is 18.8 Å². The summed E-state index contributed by atoms with van der Waals surface area (Å²) in [7, 11) is 0. The van der Waals surface area contributed by atoms with Gasteiger partial charge in [-0.05, 0) is 5.56 Å². The zero-order valence-corrected chi connectivity index (χ0v) is 11.0. The van der Waals surface area contributed by atoms with E-state index in [2.05, 4.69) is 29.7 Å². The predicted molar refractivity (Wildman–Crippen MR) is 73.5 cm³/mol. The van der Waals surface area contributed by atoms with Crippen molar-refractivity contribution in [2.45, 2.75) is 6.54 Å². The van der Waals surface area contributed by atoms with Crippen molar-refractivity contribution in [2.75, 3.05) is 38.7 Å². The van der Waals surface area contributed by atoms with Crippen LogP contribution in [0.1, 0.15) is 5.56 Å². The largest absolute Gasteiger partial charge is 0.395 e. The number of hydrogen-bond acceptors (Lipinski definition) is 4. The van der Waals surface area contributed by atoms with Crippen LogP contribution in [-0.2, 0) is 11.3 Å². The van der Waals surface area contributed by atoms with Crippen molar-refractivity contribution >= 4 is 12.6 Å². The summed E-state index contributed by atoms with van der Waals surface area (Å²) in [5, 5.41) is 9.02. The van der Waals surface area contributed by atoms with Crippen molar-refractivity contribution in [2.24, 2.45) is 0 Å². The minimum absolute atomic E-state index is 0.180. The van der Waals surface area contributed by atoms with Crippen LogP contribution in [0.5, 0.6) is 0 Å². The molecule has 1 aromatic rings. The van der Waals surface area contributed by atoms with E-state index in [1.54, 1.807) is 0 Å². The molecule has 0 saturated carbocycles. The van der Waals surface area contributed by atoms with Crippen LogP contribution in [0.15, 0.2) is 30.3 Å². The number of hydrogen-bond donors (Lipinski definition) is 2. The van der Waals surface area contributed by atoms with E-state index < -0.39 is 0 Å². The molecule has 0 aliphatic carbocycles. The van der Waals surface area contributed by atoms with Crippen molar-refractivity contribution in [3.05, 3.63) is 35.9 Å². The fraction of sp³-hybridized carbons (Fsp3) is 0.538. The summed E-state index contributed by atoms with van der Waals surface area (Å²) >= 11 is 4.09. The standard InChI is InChI=1S/C13H21NO2S/c15-8-6-14(7-9-16-10-11-17)12-13-4-2-1-3-5-13/h1-5,15,17H,6-12H2. The van der Waals surface area contributed by atoms with Crippen molar-refractivity contribution in [3.8, 4) is 0 Å². The molecule has 1 aromatic carbocycles. The van der Waals surface area contributed by atoms with Crippen LogP contribution in [-0.4, -0.2) is 48.7 Å². The van der Waals surface area contributed by atoms with Crippen molar-refractivity contribution in [3.63, 3.8) is 0 Å². The Morgan fingerprint density at radius 3 is 2.53 bits per heavy atom. The third kappa shape index (κ3) is 6.68. The highest BCUT2D eigenvalue weighted by Crippen LogP contribution is 2.03. The molecule has 0 aliphatic heterocycles. The maximum Gasteiger partial charge on any atom is 0.0593 e. The van der Waals surface area contributed by atoms with Crippen LogP contribution in [0.25, 0.3) is 0 Å². The van der Waals surface area contributed by atoms with Gasteiger partial charge in [0, 0.05) is 25.4 Å². The van der Waals surface area contributed by atoms with Crippen LogP contribution < -0.4 is 0 Å². The Labute approximate surface area is 109 Å². The summed E-state index contributed by atoms with van der Waals surface area (Å²) in [6, 6.07) is 10.3. The molecule has 0 bridgehead atoms. The smallest absolute Gasteiger partial charge is 0.0593 e. The molecule has 0 radical (unpaired) electrons. The van der Waals surface area contributed by atoms with Crippen molar-refractivity contribution < 1.29 is 9.84 Å². The second-order valence-electron chi connectivity index (χ2n) is 3.82. The van der Waals surface area contributed by atoms with E-state index in [4.69, 9.17) is 9.84 Å². The monoisotopic (exact) mass is 255 g/mol. The van der Waals surface area contributed by atoms with Gasteiger partial charge >= 0.3 is 0 Å². The summed E-state index contributed by atoms with van der Waals surface area (Å²) in [5.41, 5.74) is 1.26. The molecule has 1 N–H and O–H groups in total. The first-order chi connectivity index (χ1) is 8.36. The molecule has 0 unspecified atom stereocenters. The molecular formula is C13H21NO2S. The number of rotatable bonds is 9. The van der Waals surface area contributed by atoms with Gasteiger partial charge in [0.1, 0.15) is 0 Å². The third-order valence-electron chi connectivity index (χ3n) is 2.45. The van der Waals surface area contributed by atoms with Crippen LogP contribution in [0.2, 0.25) is 0 Å². The topological polar surface area (TPSA) is 32.7 Å². The van der Waals surface area contributed by atoms with Crippen molar-refractivity contribution in [1.82, 2.24) is 4.90 Å². The van der Waals surface area contributed by atoms with Gasteiger partial charge in [-0.1, -0.05) is 30.3 Å². The highest BCUT2D eigenvalue weighted by atomic mass is 32.1. The predicted octanol–water partition coefficient (Wildman–Crippen LogP) is 1.43. The van der Waals surface area contributed by atoms with E-state index in [-0.39, 0.29) is 6.61 Å². The Balaban J connectivity index is 2.32. The number of aliphatic hydroxyl groups is 1. The second-order valence-corrected chi connectivity index (χ2v) is 4.27. The van der Waals surface area contributed by atoms with Gasteiger partial charge < -0.3 is 9.84 Å². The Bertz CT molecular complexity index is 282. The van der Waals surface area contributed by atoms with Gasteiger partial charge in [-0.3, -0.25) is 4.90 Å². The summed E-state index contributed by atoms with van der Waals surface area (Å²) in [4.78, 5) is 2.19. The Kier molecular flexibility index (Phi) is 8.09. The summed E-state index contributed by atoms with van der Waals surface area (Å²) in [6.07, 6.45) is 0. The molecule has 0 aromatic heterocycles. The molecule has 4 heteroatoms. The number of ether oxygens (including phenoxy) is 1. The molecular weight excluding hydrogens is 234 g/mol. The molecule has 1 rings (SSSR count). The fourth-order valence-corrected chi connectivity index (χ4v) is 1.74. The average Bonchev–Trinajstić information content (AvgIpc) is 2.36. The van der Waals surface area contributed by atoms with E-state index in [0.29, 0.717) is 19.8 Å². The Morgan fingerprint density at radius 1 is 1.12 bits per heavy atom. The Hall–Kier alpha value is -0.550. The molecule has 0 spiro atoms. The first-order valence-electron chi connectivity index (χ1n) is 5.92.